The second-order valence-corrected chi connectivity index (χ2v) is 7.22. The molecule has 0 spiro atoms. The molecule has 3 heteroatoms. The molecule has 2 fully saturated rings. The highest BCUT2D eigenvalue weighted by atomic mass is 16.1. The summed E-state index contributed by atoms with van der Waals surface area (Å²) < 4.78 is 0. The lowest BCUT2D eigenvalue weighted by Crippen LogP contribution is -2.57. The number of fused-ring (bicyclic) bond motifs is 3. The highest BCUT2D eigenvalue weighted by molar-refractivity contribution is 5.87. The first kappa shape index (κ1) is 14.9. The van der Waals surface area contributed by atoms with Gasteiger partial charge in [-0.2, -0.15) is 0 Å². The van der Waals surface area contributed by atoms with E-state index in [1.165, 1.54) is 16.3 Å². The van der Waals surface area contributed by atoms with Crippen LogP contribution in [-0.2, 0) is 4.79 Å². The zero-order valence-electron chi connectivity index (χ0n) is 13.9. The maximum absolute atomic E-state index is 12.4. The molecular formula is C20H24N2O. The molecule has 2 aliphatic heterocycles. The van der Waals surface area contributed by atoms with Crippen molar-refractivity contribution < 1.29 is 4.79 Å². The largest absolute Gasteiger partial charge is 0.305 e. The molecule has 3 atom stereocenters. The van der Waals surface area contributed by atoms with Crippen molar-refractivity contribution in [1.29, 1.82) is 0 Å². The first-order valence-electron chi connectivity index (χ1n) is 8.57. The van der Waals surface area contributed by atoms with Gasteiger partial charge in [0.25, 0.3) is 0 Å². The van der Waals surface area contributed by atoms with Crippen molar-refractivity contribution in [3.8, 4) is 0 Å². The van der Waals surface area contributed by atoms with Gasteiger partial charge in [-0.05, 0) is 30.3 Å². The van der Waals surface area contributed by atoms with Crippen molar-refractivity contribution in [3.05, 3.63) is 48.0 Å². The molecule has 3 nitrogen and oxygen atoms in total. The molecule has 2 unspecified atom stereocenters. The molecular weight excluding hydrogens is 284 g/mol. The minimum Gasteiger partial charge on any atom is -0.305 e. The van der Waals surface area contributed by atoms with Crippen LogP contribution in [0.3, 0.4) is 0 Å². The highest BCUT2D eigenvalue weighted by Crippen LogP contribution is 2.33. The highest BCUT2D eigenvalue weighted by Gasteiger charge is 2.41. The van der Waals surface area contributed by atoms with Gasteiger partial charge in [0.2, 0.25) is 0 Å². The van der Waals surface area contributed by atoms with E-state index < -0.39 is 0 Å². The van der Waals surface area contributed by atoms with E-state index in [9.17, 15) is 4.79 Å². The molecule has 2 aromatic carbocycles. The van der Waals surface area contributed by atoms with E-state index in [1.807, 2.05) is 0 Å². The number of ketones is 1. The van der Waals surface area contributed by atoms with Gasteiger partial charge >= 0.3 is 0 Å². The fourth-order valence-electron chi connectivity index (χ4n) is 4.40. The Bertz CT molecular complexity index is 718. The molecule has 0 amide bonds. The fourth-order valence-corrected chi connectivity index (χ4v) is 4.40. The Hall–Kier alpha value is -1.71. The number of hydrogen-bond acceptors (Lipinski definition) is 3. The number of benzene rings is 2. The van der Waals surface area contributed by atoms with E-state index in [1.54, 1.807) is 0 Å². The van der Waals surface area contributed by atoms with Crippen LogP contribution in [0.2, 0.25) is 0 Å². The van der Waals surface area contributed by atoms with Gasteiger partial charge < -0.3 is 4.90 Å². The number of rotatable bonds is 2. The summed E-state index contributed by atoms with van der Waals surface area (Å²) in [7, 11) is 2.14. The lowest BCUT2D eigenvalue weighted by atomic mass is 9.82. The maximum Gasteiger partial charge on any atom is 0.144 e. The summed E-state index contributed by atoms with van der Waals surface area (Å²) in [4.78, 5) is 17.3. The second-order valence-electron chi connectivity index (χ2n) is 7.22. The van der Waals surface area contributed by atoms with Gasteiger partial charge in [-0.25, -0.2) is 0 Å². The average molecular weight is 308 g/mol. The van der Waals surface area contributed by atoms with Crippen LogP contribution in [0.5, 0.6) is 0 Å². The van der Waals surface area contributed by atoms with Crippen LogP contribution in [0.15, 0.2) is 42.5 Å². The molecule has 0 saturated carbocycles. The second kappa shape index (κ2) is 5.73. The van der Waals surface area contributed by atoms with Gasteiger partial charge in [0.1, 0.15) is 5.78 Å². The van der Waals surface area contributed by atoms with Gasteiger partial charge in [-0.15, -0.1) is 0 Å². The van der Waals surface area contributed by atoms with E-state index in [4.69, 9.17) is 0 Å². The standard InChI is InChI=1S/C20H24N2O/c1-14(18-9-5-7-15-6-3-4-8-19(15)18)22-12-16-10-21(2)11-17(13-22)20(16)23/h3-9,14,16-17H,10-13H2,1-2H3/t14-,16?,17?/m0/s1. The van der Waals surface area contributed by atoms with E-state index in [0.717, 1.165) is 26.2 Å². The van der Waals surface area contributed by atoms with Crippen molar-refractivity contribution in [2.75, 3.05) is 33.2 Å². The number of carbonyl (C=O) groups is 1. The summed E-state index contributed by atoms with van der Waals surface area (Å²) in [5.74, 6) is 0.860. The Labute approximate surface area is 137 Å². The molecule has 0 aromatic heterocycles. The third-order valence-electron chi connectivity index (χ3n) is 5.60. The Kier molecular flexibility index (Phi) is 3.70. The van der Waals surface area contributed by atoms with Gasteiger partial charge in [0.05, 0.1) is 0 Å². The maximum atomic E-state index is 12.4. The molecule has 2 aromatic rings. The molecule has 0 aliphatic carbocycles. The van der Waals surface area contributed by atoms with Crippen molar-refractivity contribution in [1.82, 2.24) is 9.80 Å². The van der Waals surface area contributed by atoms with Crippen molar-refractivity contribution >= 4 is 16.6 Å². The molecule has 2 aliphatic rings. The normalized spacial score (nSPS) is 27.3. The summed E-state index contributed by atoms with van der Waals surface area (Å²) in [6.07, 6.45) is 0. The Morgan fingerprint density at radius 1 is 0.957 bits per heavy atom. The smallest absolute Gasteiger partial charge is 0.144 e. The third kappa shape index (κ3) is 2.58. The Morgan fingerprint density at radius 3 is 2.35 bits per heavy atom. The summed E-state index contributed by atoms with van der Waals surface area (Å²) in [5, 5.41) is 2.63. The number of hydrogen-bond donors (Lipinski definition) is 0. The number of piperidine rings is 2. The van der Waals surface area contributed by atoms with Gasteiger partial charge in [-0.3, -0.25) is 9.69 Å². The molecule has 2 bridgehead atoms. The van der Waals surface area contributed by atoms with Crippen molar-refractivity contribution in [2.24, 2.45) is 11.8 Å². The number of nitrogens with zero attached hydrogens (tertiary/aromatic N) is 2. The molecule has 0 N–H and O–H groups in total. The van der Waals surface area contributed by atoms with Gasteiger partial charge in [0, 0.05) is 44.1 Å². The van der Waals surface area contributed by atoms with Crippen molar-refractivity contribution in [2.45, 2.75) is 13.0 Å². The molecule has 2 saturated heterocycles. The van der Waals surface area contributed by atoms with Crippen LogP contribution < -0.4 is 0 Å². The Morgan fingerprint density at radius 2 is 1.61 bits per heavy atom. The van der Waals surface area contributed by atoms with Crippen molar-refractivity contribution in [3.63, 3.8) is 0 Å². The predicted octanol–water partition coefficient (Wildman–Crippen LogP) is 2.96. The van der Waals surface area contributed by atoms with Crippen LogP contribution in [0.4, 0.5) is 0 Å². The molecule has 0 radical (unpaired) electrons. The zero-order chi connectivity index (χ0) is 16.0. The van der Waals surface area contributed by atoms with E-state index in [-0.39, 0.29) is 11.8 Å². The molecule has 23 heavy (non-hydrogen) atoms. The quantitative estimate of drug-likeness (QED) is 0.852. The monoisotopic (exact) mass is 308 g/mol. The average Bonchev–Trinajstić information content (AvgIpc) is 2.55. The number of likely N-dealkylation sites (tertiary alicyclic amines) is 2. The first-order chi connectivity index (χ1) is 11.1. The SMILES string of the molecule is C[C@@H](c1cccc2ccccc12)N1CC2CN(C)CC(C1)C2=O. The number of Topliss-reactive ketones (excluding diaryl/α,β-unsaturated/α-hetero) is 1. The molecule has 4 rings (SSSR count). The van der Waals surface area contributed by atoms with Gasteiger partial charge in [0.15, 0.2) is 0 Å². The number of carbonyl (C=O) groups excluding carboxylic acids is 1. The summed E-state index contributed by atoms with van der Waals surface area (Å²) >= 11 is 0. The molecule has 120 valence electrons. The summed E-state index contributed by atoms with van der Waals surface area (Å²) in [6.45, 7) is 5.90. The van der Waals surface area contributed by atoms with E-state index in [2.05, 4.69) is 66.2 Å². The van der Waals surface area contributed by atoms with Crippen LogP contribution in [0.1, 0.15) is 18.5 Å². The minimum absolute atomic E-state index is 0.185. The fraction of sp³-hybridized carbons (Fsp3) is 0.450. The Balaban J connectivity index is 1.64. The lowest BCUT2D eigenvalue weighted by Gasteiger charge is -2.45. The lowest BCUT2D eigenvalue weighted by molar-refractivity contribution is -0.137. The molecule has 2 heterocycles. The van der Waals surface area contributed by atoms with Gasteiger partial charge in [-0.1, -0.05) is 42.5 Å². The summed E-state index contributed by atoms with van der Waals surface area (Å²) in [5.41, 5.74) is 1.38. The van der Waals surface area contributed by atoms with E-state index >= 15 is 0 Å². The zero-order valence-corrected chi connectivity index (χ0v) is 13.9. The van der Waals surface area contributed by atoms with Crippen LogP contribution >= 0.6 is 0 Å². The van der Waals surface area contributed by atoms with Crippen LogP contribution in [-0.4, -0.2) is 48.8 Å². The van der Waals surface area contributed by atoms with Crippen LogP contribution in [0, 0.1) is 11.8 Å². The van der Waals surface area contributed by atoms with E-state index in [0.29, 0.717) is 11.8 Å². The van der Waals surface area contributed by atoms with Crippen LogP contribution in [0.25, 0.3) is 10.8 Å². The predicted molar refractivity (Wildman–Crippen MR) is 93.4 cm³/mol. The minimum atomic E-state index is 0.185. The summed E-state index contributed by atoms with van der Waals surface area (Å²) in [6, 6.07) is 15.5. The first-order valence-corrected chi connectivity index (χ1v) is 8.57. The topological polar surface area (TPSA) is 23.6 Å². The third-order valence-corrected chi connectivity index (χ3v) is 5.60.